The quantitative estimate of drug-likeness (QED) is 0.856. The van der Waals surface area contributed by atoms with Gasteiger partial charge in [0.25, 0.3) is 5.78 Å². The highest BCUT2D eigenvalue weighted by Crippen LogP contribution is 2.17. The lowest BCUT2D eigenvalue weighted by Gasteiger charge is -2.16. The van der Waals surface area contributed by atoms with E-state index in [1.807, 2.05) is 27.7 Å². The molecule has 1 unspecified atom stereocenters. The highest BCUT2D eigenvalue weighted by atomic mass is 32.2. The van der Waals surface area contributed by atoms with Gasteiger partial charge in [0.2, 0.25) is 11.1 Å². The SMILES string of the molecule is Cc1nc2nc(SCC(=O)NC(C)C(C)C)nn2c(C)c1C. The third kappa shape index (κ3) is 3.58. The van der Waals surface area contributed by atoms with Crippen LogP contribution in [-0.2, 0) is 4.79 Å². The third-order valence-electron chi connectivity index (χ3n) is 3.96. The van der Waals surface area contributed by atoms with Gasteiger partial charge >= 0.3 is 0 Å². The Balaban J connectivity index is 2.07. The maximum Gasteiger partial charge on any atom is 0.253 e. The van der Waals surface area contributed by atoms with Crippen molar-refractivity contribution in [3.63, 3.8) is 0 Å². The number of rotatable bonds is 5. The van der Waals surface area contributed by atoms with Gasteiger partial charge in [-0.3, -0.25) is 4.79 Å². The largest absolute Gasteiger partial charge is 0.353 e. The van der Waals surface area contributed by atoms with Gasteiger partial charge in [-0.1, -0.05) is 25.6 Å². The summed E-state index contributed by atoms with van der Waals surface area (Å²) >= 11 is 1.33. The molecule has 2 rings (SSSR count). The molecule has 1 N–H and O–H groups in total. The maximum absolute atomic E-state index is 11.9. The van der Waals surface area contributed by atoms with Crippen LogP contribution in [0.2, 0.25) is 0 Å². The van der Waals surface area contributed by atoms with E-state index in [1.165, 1.54) is 11.8 Å². The summed E-state index contributed by atoms with van der Waals surface area (Å²) in [6, 6.07) is 0.163. The van der Waals surface area contributed by atoms with E-state index in [-0.39, 0.29) is 11.9 Å². The molecule has 0 radical (unpaired) electrons. The minimum atomic E-state index is 0.00194. The molecule has 0 saturated heterocycles. The molecule has 0 aliphatic rings. The summed E-state index contributed by atoms with van der Waals surface area (Å²) in [6.45, 7) is 12.2. The van der Waals surface area contributed by atoms with Crippen LogP contribution in [0.25, 0.3) is 5.78 Å². The van der Waals surface area contributed by atoms with Crippen LogP contribution in [0.5, 0.6) is 0 Å². The van der Waals surface area contributed by atoms with Crippen LogP contribution < -0.4 is 5.32 Å². The number of carbonyl (C=O) groups excluding carboxylic acids is 1. The number of hydrogen-bond donors (Lipinski definition) is 1. The smallest absolute Gasteiger partial charge is 0.253 e. The zero-order valence-corrected chi connectivity index (χ0v) is 14.8. The molecule has 0 fully saturated rings. The van der Waals surface area contributed by atoms with Crippen molar-refractivity contribution in [2.75, 3.05) is 5.75 Å². The van der Waals surface area contributed by atoms with Gasteiger partial charge < -0.3 is 5.32 Å². The first-order valence-electron chi connectivity index (χ1n) is 7.42. The number of aromatic nitrogens is 4. The Kier molecular flexibility index (Phi) is 5.05. The van der Waals surface area contributed by atoms with E-state index in [0.29, 0.717) is 22.6 Å². The number of carbonyl (C=O) groups is 1. The molecular weight excluding hydrogens is 298 g/mol. The third-order valence-corrected chi connectivity index (χ3v) is 4.80. The summed E-state index contributed by atoms with van der Waals surface area (Å²) in [5.74, 6) is 1.31. The summed E-state index contributed by atoms with van der Waals surface area (Å²) in [5, 5.41) is 7.98. The fraction of sp³-hybridized carbons (Fsp3) is 0.600. The van der Waals surface area contributed by atoms with E-state index in [1.54, 1.807) is 4.52 Å². The fourth-order valence-electron chi connectivity index (χ4n) is 1.89. The first-order chi connectivity index (χ1) is 10.3. The minimum Gasteiger partial charge on any atom is -0.353 e. The summed E-state index contributed by atoms with van der Waals surface area (Å²) in [7, 11) is 0. The van der Waals surface area contributed by atoms with Gasteiger partial charge in [-0.2, -0.15) is 4.98 Å². The van der Waals surface area contributed by atoms with Crippen molar-refractivity contribution in [2.45, 2.75) is 52.7 Å². The second-order valence-electron chi connectivity index (χ2n) is 5.90. The molecule has 120 valence electrons. The zero-order chi connectivity index (χ0) is 16.4. The molecule has 1 atom stereocenters. The lowest BCUT2D eigenvalue weighted by Crippen LogP contribution is -2.37. The average molecular weight is 321 g/mol. The van der Waals surface area contributed by atoms with Crippen LogP contribution in [0.3, 0.4) is 0 Å². The molecule has 1 amide bonds. The molecule has 2 heterocycles. The van der Waals surface area contributed by atoms with Crippen molar-refractivity contribution in [1.82, 2.24) is 24.9 Å². The summed E-state index contributed by atoms with van der Waals surface area (Å²) < 4.78 is 1.74. The maximum atomic E-state index is 11.9. The molecule has 0 aliphatic carbocycles. The normalized spacial score (nSPS) is 12.9. The van der Waals surface area contributed by atoms with Crippen LogP contribution in [-0.4, -0.2) is 37.3 Å². The topological polar surface area (TPSA) is 72.2 Å². The van der Waals surface area contributed by atoms with Gasteiger partial charge in [0.1, 0.15) is 0 Å². The van der Waals surface area contributed by atoms with Crippen LogP contribution in [0, 0.1) is 26.7 Å². The highest BCUT2D eigenvalue weighted by Gasteiger charge is 2.14. The van der Waals surface area contributed by atoms with Crippen molar-refractivity contribution in [1.29, 1.82) is 0 Å². The molecule has 0 saturated carbocycles. The number of fused-ring (bicyclic) bond motifs is 1. The number of thioether (sulfide) groups is 1. The van der Waals surface area contributed by atoms with Crippen molar-refractivity contribution in [2.24, 2.45) is 5.92 Å². The Morgan fingerprint density at radius 2 is 1.91 bits per heavy atom. The number of aryl methyl sites for hydroxylation is 2. The highest BCUT2D eigenvalue weighted by molar-refractivity contribution is 7.99. The molecular formula is C15H23N5OS. The summed E-state index contributed by atoms with van der Waals surface area (Å²) in [6.07, 6.45) is 0. The standard InChI is InChI=1S/C15H23N5OS/c1-8(2)10(4)16-13(21)7-22-15-18-14-17-11(5)9(3)12(6)20(14)19-15/h8,10H,7H2,1-6H3,(H,16,21). The van der Waals surface area contributed by atoms with Gasteiger partial charge in [-0.05, 0) is 39.2 Å². The fourth-order valence-corrected chi connectivity index (χ4v) is 2.52. The van der Waals surface area contributed by atoms with E-state index < -0.39 is 0 Å². The van der Waals surface area contributed by atoms with Crippen LogP contribution in [0.1, 0.15) is 37.7 Å². The van der Waals surface area contributed by atoms with Crippen molar-refractivity contribution in [3.05, 3.63) is 17.0 Å². The van der Waals surface area contributed by atoms with E-state index in [2.05, 4.69) is 34.2 Å². The van der Waals surface area contributed by atoms with Crippen molar-refractivity contribution >= 4 is 23.4 Å². The van der Waals surface area contributed by atoms with Gasteiger partial charge in [0, 0.05) is 17.4 Å². The Hall–Kier alpha value is -1.63. The summed E-state index contributed by atoms with van der Waals surface area (Å²) in [4.78, 5) is 20.7. The van der Waals surface area contributed by atoms with Crippen LogP contribution in [0.15, 0.2) is 5.16 Å². The van der Waals surface area contributed by atoms with E-state index in [9.17, 15) is 4.79 Å². The molecule has 0 aliphatic heterocycles. The first kappa shape index (κ1) is 16.7. The van der Waals surface area contributed by atoms with Crippen LogP contribution >= 0.6 is 11.8 Å². The minimum absolute atomic E-state index is 0.00194. The molecule has 0 spiro atoms. The Morgan fingerprint density at radius 1 is 1.23 bits per heavy atom. The molecule has 0 aromatic carbocycles. The van der Waals surface area contributed by atoms with Gasteiger partial charge in [0.15, 0.2) is 0 Å². The van der Waals surface area contributed by atoms with Gasteiger partial charge in [-0.15, -0.1) is 5.10 Å². The molecule has 22 heavy (non-hydrogen) atoms. The molecule has 2 aromatic heterocycles. The van der Waals surface area contributed by atoms with Crippen molar-refractivity contribution < 1.29 is 4.79 Å². The number of amides is 1. The Bertz CT molecular complexity index is 695. The monoisotopic (exact) mass is 321 g/mol. The molecule has 7 heteroatoms. The van der Waals surface area contributed by atoms with Gasteiger partial charge in [-0.25, -0.2) is 9.50 Å². The Morgan fingerprint density at radius 3 is 2.55 bits per heavy atom. The zero-order valence-electron chi connectivity index (χ0n) is 14.0. The van der Waals surface area contributed by atoms with Crippen LogP contribution in [0.4, 0.5) is 0 Å². The predicted molar refractivity (Wildman–Crippen MR) is 88.2 cm³/mol. The van der Waals surface area contributed by atoms with Crippen molar-refractivity contribution in [3.8, 4) is 0 Å². The second-order valence-corrected chi connectivity index (χ2v) is 6.85. The predicted octanol–water partition coefficient (Wildman–Crippen LogP) is 2.30. The Labute approximate surface area is 135 Å². The number of nitrogens with one attached hydrogen (secondary N) is 1. The average Bonchev–Trinajstić information content (AvgIpc) is 2.85. The number of hydrogen-bond acceptors (Lipinski definition) is 5. The lowest BCUT2D eigenvalue weighted by atomic mass is 10.1. The van der Waals surface area contributed by atoms with E-state index >= 15 is 0 Å². The van der Waals surface area contributed by atoms with Gasteiger partial charge in [0.05, 0.1) is 5.75 Å². The summed E-state index contributed by atoms with van der Waals surface area (Å²) in [5.41, 5.74) is 3.09. The first-order valence-corrected chi connectivity index (χ1v) is 8.41. The number of nitrogens with zero attached hydrogens (tertiary/aromatic N) is 4. The van der Waals surface area contributed by atoms with E-state index in [0.717, 1.165) is 17.0 Å². The molecule has 2 aromatic rings. The molecule has 6 nitrogen and oxygen atoms in total. The van der Waals surface area contributed by atoms with E-state index in [4.69, 9.17) is 0 Å². The second kappa shape index (κ2) is 6.64. The molecule has 0 bridgehead atoms. The lowest BCUT2D eigenvalue weighted by molar-refractivity contribution is -0.119.